The summed E-state index contributed by atoms with van der Waals surface area (Å²) in [6.45, 7) is 3.17. The van der Waals surface area contributed by atoms with Gasteiger partial charge in [-0.15, -0.1) is 0 Å². The first-order valence-corrected chi connectivity index (χ1v) is 7.32. The lowest BCUT2D eigenvalue weighted by Crippen LogP contribution is -2.46. The highest BCUT2D eigenvalue weighted by molar-refractivity contribution is 6.30. The first-order valence-electron chi connectivity index (χ1n) is 6.94. The Morgan fingerprint density at radius 2 is 2.05 bits per heavy atom. The van der Waals surface area contributed by atoms with Crippen molar-refractivity contribution in [3.63, 3.8) is 0 Å². The number of benzene rings is 1. The van der Waals surface area contributed by atoms with Crippen LogP contribution < -0.4 is 5.32 Å². The Morgan fingerprint density at radius 1 is 1.35 bits per heavy atom. The highest BCUT2D eigenvalue weighted by atomic mass is 35.5. The molecule has 1 aliphatic heterocycles. The number of halogens is 1. The summed E-state index contributed by atoms with van der Waals surface area (Å²) in [7, 11) is 0. The molecule has 1 aliphatic rings. The number of piperidine rings is 1. The Hall–Kier alpha value is -1.55. The van der Waals surface area contributed by atoms with Crippen LogP contribution in [-0.4, -0.2) is 35.8 Å². The number of amides is 2. The summed E-state index contributed by atoms with van der Waals surface area (Å²) < 4.78 is 0. The fourth-order valence-electron chi connectivity index (χ4n) is 2.36. The second kappa shape index (κ2) is 6.75. The highest BCUT2D eigenvalue weighted by Gasteiger charge is 2.24. The van der Waals surface area contributed by atoms with Gasteiger partial charge in [0.15, 0.2) is 0 Å². The van der Waals surface area contributed by atoms with Gasteiger partial charge in [-0.3, -0.25) is 9.59 Å². The van der Waals surface area contributed by atoms with E-state index in [0.717, 1.165) is 12.8 Å². The molecule has 5 heteroatoms. The van der Waals surface area contributed by atoms with Gasteiger partial charge in [0, 0.05) is 36.1 Å². The molecule has 0 unspecified atom stereocenters. The summed E-state index contributed by atoms with van der Waals surface area (Å²) >= 11 is 5.91. The van der Waals surface area contributed by atoms with Crippen LogP contribution in [0.15, 0.2) is 24.3 Å². The molecule has 0 radical (unpaired) electrons. The van der Waals surface area contributed by atoms with Gasteiger partial charge >= 0.3 is 0 Å². The van der Waals surface area contributed by atoms with E-state index in [1.54, 1.807) is 24.3 Å². The summed E-state index contributed by atoms with van der Waals surface area (Å²) in [5.74, 6) is 0.0809. The van der Waals surface area contributed by atoms with Gasteiger partial charge in [-0.2, -0.15) is 0 Å². The molecule has 2 amide bonds. The Morgan fingerprint density at radius 3 is 2.65 bits per heavy atom. The lowest BCUT2D eigenvalue weighted by Gasteiger charge is -2.32. The van der Waals surface area contributed by atoms with Gasteiger partial charge in [0.1, 0.15) is 0 Å². The first-order chi connectivity index (χ1) is 9.60. The van der Waals surface area contributed by atoms with Crippen molar-refractivity contribution in [2.45, 2.75) is 32.2 Å². The highest BCUT2D eigenvalue weighted by Crippen LogP contribution is 2.16. The summed E-state index contributed by atoms with van der Waals surface area (Å²) in [4.78, 5) is 25.5. The largest absolute Gasteiger partial charge is 0.353 e. The van der Waals surface area contributed by atoms with Gasteiger partial charge < -0.3 is 10.2 Å². The van der Waals surface area contributed by atoms with Crippen molar-refractivity contribution >= 4 is 23.4 Å². The predicted octanol–water partition coefficient (Wildman–Crippen LogP) is 2.47. The second-order valence-electron chi connectivity index (χ2n) is 5.00. The van der Waals surface area contributed by atoms with Crippen molar-refractivity contribution in [3.05, 3.63) is 34.9 Å². The Balaban J connectivity index is 1.90. The third-order valence-electron chi connectivity index (χ3n) is 3.54. The van der Waals surface area contributed by atoms with Gasteiger partial charge in [-0.25, -0.2) is 0 Å². The van der Waals surface area contributed by atoms with Crippen molar-refractivity contribution in [2.75, 3.05) is 13.1 Å². The third kappa shape index (κ3) is 3.73. The molecule has 20 heavy (non-hydrogen) atoms. The van der Waals surface area contributed by atoms with Crippen LogP contribution in [0, 0.1) is 0 Å². The number of nitrogens with one attached hydrogen (secondary N) is 1. The SMILES string of the molecule is CCC(=O)NC1CCN(C(=O)c2cccc(Cl)c2)CC1. The molecule has 2 rings (SSSR count). The van der Waals surface area contributed by atoms with Crippen molar-refractivity contribution in [1.82, 2.24) is 10.2 Å². The first kappa shape index (κ1) is 14.9. The standard InChI is InChI=1S/C15H19ClN2O2/c1-2-14(19)17-13-6-8-18(9-7-13)15(20)11-4-3-5-12(16)10-11/h3-5,10,13H,2,6-9H2,1H3,(H,17,19). The maximum absolute atomic E-state index is 12.3. The molecule has 0 saturated carbocycles. The fraction of sp³-hybridized carbons (Fsp3) is 0.467. The summed E-state index contributed by atoms with van der Waals surface area (Å²) in [6.07, 6.45) is 2.11. The molecule has 1 fully saturated rings. The van der Waals surface area contributed by atoms with E-state index in [4.69, 9.17) is 11.6 Å². The maximum Gasteiger partial charge on any atom is 0.253 e. The van der Waals surface area contributed by atoms with Crippen LogP contribution in [-0.2, 0) is 4.79 Å². The molecule has 4 nitrogen and oxygen atoms in total. The number of rotatable bonds is 3. The maximum atomic E-state index is 12.3. The summed E-state index contributed by atoms with van der Waals surface area (Å²) in [5.41, 5.74) is 0.619. The second-order valence-corrected chi connectivity index (χ2v) is 5.43. The van der Waals surface area contributed by atoms with Crippen LogP contribution in [0.2, 0.25) is 5.02 Å². The molecule has 0 spiro atoms. The van der Waals surface area contributed by atoms with E-state index >= 15 is 0 Å². The van der Waals surface area contributed by atoms with E-state index in [0.29, 0.717) is 30.1 Å². The number of hydrogen-bond acceptors (Lipinski definition) is 2. The number of hydrogen-bond donors (Lipinski definition) is 1. The van der Waals surface area contributed by atoms with E-state index in [-0.39, 0.29) is 17.9 Å². The zero-order chi connectivity index (χ0) is 14.5. The number of nitrogens with zero attached hydrogens (tertiary/aromatic N) is 1. The lowest BCUT2D eigenvalue weighted by atomic mass is 10.0. The monoisotopic (exact) mass is 294 g/mol. The quantitative estimate of drug-likeness (QED) is 0.931. The molecule has 0 atom stereocenters. The summed E-state index contributed by atoms with van der Waals surface area (Å²) in [5, 5.41) is 3.55. The topological polar surface area (TPSA) is 49.4 Å². The van der Waals surface area contributed by atoms with Gasteiger partial charge in [0.2, 0.25) is 5.91 Å². The average molecular weight is 295 g/mol. The third-order valence-corrected chi connectivity index (χ3v) is 3.78. The van der Waals surface area contributed by atoms with Gasteiger partial charge in [-0.05, 0) is 31.0 Å². The van der Waals surface area contributed by atoms with Crippen LogP contribution in [0.5, 0.6) is 0 Å². The summed E-state index contributed by atoms with van der Waals surface area (Å²) in [6, 6.07) is 7.19. The minimum atomic E-state index is 0.00719. The van der Waals surface area contributed by atoms with Gasteiger partial charge in [-0.1, -0.05) is 24.6 Å². The van der Waals surface area contributed by atoms with E-state index in [1.807, 2.05) is 11.8 Å². The van der Waals surface area contributed by atoms with E-state index in [9.17, 15) is 9.59 Å². The molecule has 108 valence electrons. The van der Waals surface area contributed by atoms with Crippen LogP contribution in [0.1, 0.15) is 36.5 Å². The smallest absolute Gasteiger partial charge is 0.253 e. The van der Waals surface area contributed by atoms with Crippen LogP contribution >= 0.6 is 11.6 Å². The van der Waals surface area contributed by atoms with Crippen LogP contribution in [0.25, 0.3) is 0 Å². The predicted molar refractivity (Wildman–Crippen MR) is 78.8 cm³/mol. The van der Waals surface area contributed by atoms with Crippen molar-refractivity contribution in [1.29, 1.82) is 0 Å². The number of likely N-dealkylation sites (tertiary alicyclic amines) is 1. The molecule has 1 saturated heterocycles. The molecule has 1 aromatic carbocycles. The Bertz CT molecular complexity index is 496. The molecule has 1 heterocycles. The van der Waals surface area contributed by atoms with Crippen LogP contribution in [0.3, 0.4) is 0 Å². The number of carbonyl (C=O) groups is 2. The fourth-order valence-corrected chi connectivity index (χ4v) is 2.55. The van der Waals surface area contributed by atoms with Crippen molar-refractivity contribution in [2.24, 2.45) is 0 Å². The molecule has 0 aromatic heterocycles. The molecule has 0 bridgehead atoms. The lowest BCUT2D eigenvalue weighted by molar-refractivity contribution is -0.121. The van der Waals surface area contributed by atoms with E-state index in [2.05, 4.69) is 5.32 Å². The van der Waals surface area contributed by atoms with E-state index < -0.39 is 0 Å². The Labute approximate surface area is 124 Å². The molecule has 1 N–H and O–H groups in total. The molecular weight excluding hydrogens is 276 g/mol. The minimum absolute atomic E-state index is 0.00719. The van der Waals surface area contributed by atoms with E-state index in [1.165, 1.54) is 0 Å². The van der Waals surface area contributed by atoms with Gasteiger partial charge in [0.05, 0.1) is 0 Å². The number of carbonyl (C=O) groups excluding carboxylic acids is 2. The minimum Gasteiger partial charge on any atom is -0.353 e. The van der Waals surface area contributed by atoms with Crippen molar-refractivity contribution < 1.29 is 9.59 Å². The molecular formula is C15H19ClN2O2. The molecule has 1 aromatic rings. The zero-order valence-corrected chi connectivity index (χ0v) is 12.3. The Kier molecular flexibility index (Phi) is 5.01. The van der Waals surface area contributed by atoms with Crippen molar-refractivity contribution in [3.8, 4) is 0 Å². The zero-order valence-electron chi connectivity index (χ0n) is 11.6. The normalized spacial score (nSPS) is 16.0. The molecule has 0 aliphatic carbocycles. The average Bonchev–Trinajstić information content (AvgIpc) is 2.47. The van der Waals surface area contributed by atoms with Crippen LogP contribution in [0.4, 0.5) is 0 Å². The van der Waals surface area contributed by atoms with Gasteiger partial charge in [0.25, 0.3) is 5.91 Å².